The molecule has 1 saturated heterocycles. The molecular formula is C11H22BrNO. The van der Waals surface area contributed by atoms with Gasteiger partial charge in [0.1, 0.15) is 0 Å². The van der Waals surface area contributed by atoms with Crippen LogP contribution in [0.5, 0.6) is 0 Å². The summed E-state index contributed by atoms with van der Waals surface area (Å²) in [7, 11) is 0. The van der Waals surface area contributed by atoms with Crippen LogP contribution in [0.25, 0.3) is 0 Å². The second kappa shape index (κ2) is 6.09. The fourth-order valence-electron chi connectivity index (χ4n) is 1.87. The van der Waals surface area contributed by atoms with Gasteiger partial charge in [-0.15, -0.1) is 0 Å². The van der Waals surface area contributed by atoms with Crippen LogP contribution < -0.4 is 0 Å². The van der Waals surface area contributed by atoms with Crippen molar-refractivity contribution in [2.24, 2.45) is 11.8 Å². The van der Waals surface area contributed by atoms with E-state index in [1.807, 2.05) is 0 Å². The second-order valence-corrected chi connectivity index (χ2v) is 5.34. The maximum Gasteiger partial charge on any atom is 0.0564 e. The van der Waals surface area contributed by atoms with Gasteiger partial charge in [-0.25, -0.2) is 0 Å². The van der Waals surface area contributed by atoms with Gasteiger partial charge in [-0.3, -0.25) is 0 Å². The van der Waals surface area contributed by atoms with E-state index in [1.54, 1.807) is 0 Å². The number of alkyl halides is 1. The zero-order valence-corrected chi connectivity index (χ0v) is 10.8. The third-order valence-electron chi connectivity index (χ3n) is 3.19. The van der Waals surface area contributed by atoms with Crippen LogP contribution in [0.2, 0.25) is 0 Å². The van der Waals surface area contributed by atoms with Crippen molar-refractivity contribution in [2.75, 3.05) is 25.0 Å². The Kier molecular flexibility index (Phi) is 5.42. The number of piperidine rings is 1. The molecule has 84 valence electrons. The van der Waals surface area contributed by atoms with E-state index in [0.717, 1.165) is 43.1 Å². The van der Waals surface area contributed by atoms with E-state index in [9.17, 15) is 5.11 Å². The summed E-state index contributed by atoms with van der Waals surface area (Å²) in [6.07, 6.45) is 1.85. The number of hydrogen-bond donors (Lipinski definition) is 1. The zero-order valence-electron chi connectivity index (χ0n) is 9.25. The van der Waals surface area contributed by atoms with Crippen molar-refractivity contribution < 1.29 is 5.11 Å². The number of aliphatic hydroxyl groups is 1. The smallest absolute Gasteiger partial charge is 0.0564 e. The Balaban J connectivity index is 2.29. The molecule has 1 atom stereocenters. The molecule has 0 radical (unpaired) electrons. The van der Waals surface area contributed by atoms with Crippen LogP contribution in [0, 0.1) is 11.8 Å². The Morgan fingerprint density at radius 3 is 2.36 bits per heavy atom. The van der Waals surface area contributed by atoms with Crippen molar-refractivity contribution in [3.05, 3.63) is 0 Å². The van der Waals surface area contributed by atoms with Crippen LogP contribution in [0.3, 0.4) is 0 Å². The standard InChI is InChI=1S/C11H22BrNO/c1-9(2)10(7-12)8-13-5-3-11(14)4-6-13/h9-11,14H,3-8H2,1-2H3. The molecule has 0 spiro atoms. The Labute approximate surface area is 95.8 Å². The molecule has 1 unspecified atom stereocenters. The number of rotatable bonds is 4. The lowest BCUT2D eigenvalue weighted by atomic mass is 9.96. The summed E-state index contributed by atoms with van der Waals surface area (Å²) >= 11 is 3.58. The van der Waals surface area contributed by atoms with Gasteiger partial charge in [0.15, 0.2) is 0 Å². The molecule has 1 heterocycles. The molecule has 1 rings (SSSR count). The van der Waals surface area contributed by atoms with Gasteiger partial charge in [0, 0.05) is 25.0 Å². The van der Waals surface area contributed by atoms with Crippen molar-refractivity contribution in [1.29, 1.82) is 0 Å². The maximum atomic E-state index is 9.39. The summed E-state index contributed by atoms with van der Waals surface area (Å²) in [6, 6.07) is 0. The molecule has 0 amide bonds. The first-order valence-corrected chi connectivity index (χ1v) is 6.72. The van der Waals surface area contributed by atoms with E-state index >= 15 is 0 Å². The number of likely N-dealkylation sites (tertiary alicyclic amines) is 1. The first-order chi connectivity index (χ1) is 6.63. The van der Waals surface area contributed by atoms with Crippen molar-refractivity contribution in [2.45, 2.75) is 32.8 Å². The van der Waals surface area contributed by atoms with E-state index in [2.05, 4.69) is 34.7 Å². The van der Waals surface area contributed by atoms with E-state index in [4.69, 9.17) is 0 Å². The number of aliphatic hydroxyl groups excluding tert-OH is 1. The molecule has 1 aliphatic rings. The molecule has 3 heteroatoms. The normalized spacial score (nSPS) is 22.9. The van der Waals surface area contributed by atoms with E-state index in [-0.39, 0.29) is 6.10 Å². The minimum atomic E-state index is -0.0484. The molecule has 0 aromatic carbocycles. The molecule has 0 aromatic rings. The summed E-state index contributed by atoms with van der Waals surface area (Å²) in [5, 5.41) is 10.5. The largest absolute Gasteiger partial charge is 0.393 e. The van der Waals surface area contributed by atoms with Crippen LogP contribution in [0.4, 0.5) is 0 Å². The molecule has 1 N–H and O–H groups in total. The third kappa shape index (κ3) is 3.87. The van der Waals surface area contributed by atoms with Crippen molar-refractivity contribution in [1.82, 2.24) is 4.90 Å². The summed E-state index contributed by atoms with van der Waals surface area (Å²) < 4.78 is 0. The predicted molar refractivity (Wildman–Crippen MR) is 63.8 cm³/mol. The molecule has 0 saturated carbocycles. The van der Waals surface area contributed by atoms with Gasteiger partial charge in [-0.2, -0.15) is 0 Å². The Bertz CT molecular complexity index is 155. The SMILES string of the molecule is CC(C)C(CBr)CN1CCC(O)CC1. The average Bonchev–Trinajstić information content (AvgIpc) is 2.16. The monoisotopic (exact) mass is 263 g/mol. The molecule has 1 aliphatic heterocycles. The maximum absolute atomic E-state index is 9.39. The fraction of sp³-hybridized carbons (Fsp3) is 1.00. The molecule has 0 aromatic heterocycles. The topological polar surface area (TPSA) is 23.5 Å². The highest BCUT2D eigenvalue weighted by Gasteiger charge is 2.21. The van der Waals surface area contributed by atoms with Crippen molar-refractivity contribution in [3.63, 3.8) is 0 Å². The average molecular weight is 264 g/mol. The Hall–Kier alpha value is 0.400. The van der Waals surface area contributed by atoms with E-state index in [0.29, 0.717) is 0 Å². The Morgan fingerprint density at radius 1 is 1.36 bits per heavy atom. The lowest BCUT2D eigenvalue weighted by molar-refractivity contribution is 0.0728. The van der Waals surface area contributed by atoms with Gasteiger partial charge >= 0.3 is 0 Å². The van der Waals surface area contributed by atoms with Gasteiger partial charge in [-0.05, 0) is 24.7 Å². The quantitative estimate of drug-likeness (QED) is 0.786. The van der Waals surface area contributed by atoms with Gasteiger partial charge < -0.3 is 10.0 Å². The van der Waals surface area contributed by atoms with Gasteiger partial charge in [0.25, 0.3) is 0 Å². The lowest BCUT2D eigenvalue weighted by Gasteiger charge is -2.33. The van der Waals surface area contributed by atoms with Crippen LogP contribution in [0.15, 0.2) is 0 Å². The molecule has 1 fully saturated rings. The number of nitrogens with zero attached hydrogens (tertiary/aromatic N) is 1. The Morgan fingerprint density at radius 2 is 1.93 bits per heavy atom. The van der Waals surface area contributed by atoms with Crippen LogP contribution in [0.1, 0.15) is 26.7 Å². The molecular weight excluding hydrogens is 242 g/mol. The van der Waals surface area contributed by atoms with Gasteiger partial charge in [0.05, 0.1) is 6.10 Å². The fourth-order valence-corrected chi connectivity index (χ4v) is 2.82. The highest BCUT2D eigenvalue weighted by molar-refractivity contribution is 9.09. The zero-order chi connectivity index (χ0) is 10.6. The molecule has 14 heavy (non-hydrogen) atoms. The minimum Gasteiger partial charge on any atom is -0.393 e. The summed E-state index contributed by atoms with van der Waals surface area (Å²) in [6.45, 7) is 7.87. The van der Waals surface area contributed by atoms with Crippen LogP contribution in [-0.4, -0.2) is 41.1 Å². The van der Waals surface area contributed by atoms with Gasteiger partial charge in [-0.1, -0.05) is 29.8 Å². The molecule has 0 bridgehead atoms. The highest BCUT2D eigenvalue weighted by Crippen LogP contribution is 2.18. The second-order valence-electron chi connectivity index (χ2n) is 4.69. The van der Waals surface area contributed by atoms with Crippen molar-refractivity contribution in [3.8, 4) is 0 Å². The minimum absolute atomic E-state index is 0.0484. The highest BCUT2D eigenvalue weighted by atomic mass is 79.9. The summed E-state index contributed by atoms with van der Waals surface area (Å²) in [5.41, 5.74) is 0. The van der Waals surface area contributed by atoms with E-state index in [1.165, 1.54) is 6.54 Å². The van der Waals surface area contributed by atoms with Crippen molar-refractivity contribution >= 4 is 15.9 Å². The third-order valence-corrected chi connectivity index (χ3v) is 4.02. The first kappa shape index (κ1) is 12.5. The first-order valence-electron chi connectivity index (χ1n) is 5.60. The van der Waals surface area contributed by atoms with Crippen LogP contribution in [-0.2, 0) is 0 Å². The predicted octanol–water partition coefficient (Wildman–Crippen LogP) is 2.11. The number of halogens is 1. The summed E-state index contributed by atoms with van der Waals surface area (Å²) in [5.74, 6) is 1.48. The van der Waals surface area contributed by atoms with Crippen LogP contribution >= 0.6 is 15.9 Å². The van der Waals surface area contributed by atoms with E-state index < -0.39 is 0 Å². The summed E-state index contributed by atoms with van der Waals surface area (Å²) in [4.78, 5) is 2.48. The number of hydrogen-bond acceptors (Lipinski definition) is 2. The lowest BCUT2D eigenvalue weighted by Crippen LogP contribution is -2.40. The van der Waals surface area contributed by atoms with Gasteiger partial charge in [0.2, 0.25) is 0 Å². The molecule has 2 nitrogen and oxygen atoms in total. The molecule has 0 aliphatic carbocycles.